The predicted molar refractivity (Wildman–Crippen MR) is 72.5 cm³/mol. The van der Waals surface area contributed by atoms with Crippen LogP contribution in [0.15, 0.2) is 36.2 Å². The Morgan fingerprint density at radius 1 is 1.50 bits per heavy atom. The van der Waals surface area contributed by atoms with Gasteiger partial charge in [0, 0.05) is 36.8 Å². The van der Waals surface area contributed by atoms with Crippen LogP contribution < -0.4 is 5.32 Å². The number of hydrogen-bond acceptors (Lipinski definition) is 3. The number of carbonyl (C=O) groups is 1. The van der Waals surface area contributed by atoms with Crippen molar-refractivity contribution >= 4 is 17.2 Å². The lowest BCUT2D eigenvalue weighted by Gasteiger charge is -2.05. The maximum atomic E-state index is 11.6. The second-order valence-electron chi connectivity index (χ2n) is 4.08. The van der Waals surface area contributed by atoms with Gasteiger partial charge in [-0.2, -0.15) is 0 Å². The number of thiophene rings is 1. The number of nitrogens with zero attached hydrogens (tertiary/aromatic N) is 2. The molecule has 0 unspecified atom stereocenters. The van der Waals surface area contributed by atoms with Gasteiger partial charge < -0.3 is 9.88 Å². The van der Waals surface area contributed by atoms with Gasteiger partial charge in [-0.15, -0.1) is 11.3 Å². The Morgan fingerprint density at radius 2 is 2.44 bits per heavy atom. The van der Waals surface area contributed by atoms with E-state index in [9.17, 15) is 4.79 Å². The van der Waals surface area contributed by atoms with Crippen LogP contribution in [0.2, 0.25) is 0 Å². The maximum absolute atomic E-state index is 11.6. The van der Waals surface area contributed by atoms with Crippen LogP contribution in [-0.4, -0.2) is 22.0 Å². The van der Waals surface area contributed by atoms with Crippen LogP contribution in [0, 0.1) is 0 Å². The molecule has 0 radical (unpaired) electrons. The molecule has 0 spiro atoms. The van der Waals surface area contributed by atoms with Crippen LogP contribution in [0.5, 0.6) is 0 Å². The first kappa shape index (κ1) is 12.8. The van der Waals surface area contributed by atoms with Gasteiger partial charge >= 0.3 is 0 Å². The van der Waals surface area contributed by atoms with Crippen molar-refractivity contribution in [3.63, 3.8) is 0 Å². The van der Waals surface area contributed by atoms with Gasteiger partial charge in [-0.25, -0.2) is 4.98 Å². The summed E-state index contributed by atoms with van der Waals surface area (Å²) < 4.78 is 2.01. The normalized spacial score (nSPS) is 10.4. The quantitative estimate of drug-likeness (QED) is 0.777. The summed E-state index contributed by atoms with van der Waals surface area (Å²) in [4.78, 5) is 16.8. The van der Waals surface area contributed by atoms with E-state index in [1.54, 1.807) is 23.9 Å². The first-order valence-electron chi connectivity index (χ1n) is 6.09. The fraction of sp³-hybridized carbons (Fsp3) is 0.385. The van der Waals surface area contributed by atoms with Crippen LogP contribution in [0.25, 0.3) is 0 Å². The zero-order chi connectivity index (χ0) is 12.6. The van der Waals surface area contributed by atoms with Crippen molar-refractivity contribution in [2.75, 3.05) is 6.54 Å². The molecule has 2 rings (SSSR count). The largest absolute Gasteiger partial charge is 0.356 e. The Bertz CT molecular complexity index is 451. The van der Waals surface area contributed by atoms with Gasteiger partial charge in [0.25, 0.3) is 0 Å². The number of amides is 1. The average molecular weight is 263 g/mol. The summed E-state index contributed by atoms with van der Waals surface area (Å²) in [5.41, 5.74) is 0. The van der Waals surface area contributed by atoms with Gasteiger partial charge in [-0.1, -0.05) is 6.07 Å². The SMILES string of the molecule is O=C(CCc1cccs1)NCCCn1ccnc1. The minimum Gasteiger partial charge on any atom is -0.356 e. The number of nitrogens with one attached hydrogen (secondary N) is 1. The zero-order valence-electron chi connectivity index (χ0n) is 10.2. The van der Waals surface area contributed by atoms with Crippen LogP contribution in [-0.2, 0) is 17.8 Å². The standard InChI is InChI=1S/C13H17N3OS/c17-13(5-4-12-3-1-10-18-12)15-6-2-8-16-9-7-14-11-16/h1,3,7,9-11H,2,4-6,8H2,(H,15,17). The Hall–Kier alpha value is -1.62. The van der Waals surface area contributed by atoms with Crippen LogP contribution in [0.4, 0.5) is 0 Å². The van der Waals surface area contributed by atoms with E-state index in [2.05, 4.69) is 16.4 Å². The van der Waals surface area contributed by atoms with Crippen LogP contribution >= 0.6 is 11.3 Å². The van der Waals surface area contributed by atoms with Crippen molar-refractivity contribution in [2.45, 2.75) is 25.8 Å². The lowest BCUT2D eigenvalue weighted by molar-refractivity contribution is -0.121. The van der Waals surface area contributed by atoms with Gasteiger partial charge in [-0.3, -0.25) is 4.79 Å². The first-order chi connectivity index (χ1) is 8.84. The molecule has 96 valence electrons. The second kappa shape index (κ2) is 6.96. The summed E-state index contributed by atoms with van der Waals surface area (Å²) in [7, 11) is 0. The molecule has 2 aromatic heterocycles. The Balaban J connectivity index is 1.55. The molecule has 0 aliphatic carbocycles. The molecule has 0 aliphatic heterocycles. The van der Waals surface area contributed by atoms with Gasteiger partial charge in [0.1, 0.15) is 0 Å². The van der Waals surface area contributed by atoms with Gasteiger partial charge in [-0.05, 0) is 24.3 Å². The smallest absolute Gasteiger partial charge is 0.220 e. The van der Waals surface area contributed by atoms with Crippen molar-refractivity contribution in [1.29, 1.82) is 0 Å². The number of aromatic nitrogens is 2. The van der Waals surface area contributed by atoms with Crippen molar-refractivity contribution < 1.29 is 4.79 Å². The molecule has 2 aromatic rings. The summed E-state index contributed by atoms with van der Waals surface area (Å²) in [6.07, 6.45) is 7.83. The van der Waals surface area contributed by atoms with Gasteiger partial charge in [0.05, 0.1) is 6.33 Å². The van der Waals surface area contributed by atoms with E-state index in [1.165, 1.54) is 4.88 Å². The highest BCUT2D eigenvalue weighted by atomic mass is 32.1. The number of aryl methyl sites for hydroxylation is 2. The maximum Gasteiger partial charge on any atom is 0.220 e. The number of hydrogen-bond donors (Lipinski definition) is 1. The number of rotatable bonds is 7. The van der Waals surface area contributed by atoms with Crippen molar-refractivity contribution in [3.05, 3.63) is 41.1 Å². The van der Waals surface area contributed by atoms with Crippen molar-refractivity contribution in [2.24, 2.45) is 0 Å². The van der Waals surface area contributed by atoms with Crippen LogP contribution in [0.1, 0.15) is 17.7 Å². The molecule has 0 saturated carbocycles. The minimum absolute atomic E-state index is 0.133. The predicted octanol–water partition coefficient (Wildman–Crippen LogP) is 2.08. The summed E-state index contributed by atoms with van der Waals surface area (Å²) >= 11 is 1.70. The fourth-order valence-electron chi connectivity index (χ4n) is 1.69. The van der Waals surface area contributed by atoms with E-state index in [0.29, 0.717) is 6.42 Å². The molecular weight excluding hydrogens is 246 g/mol. The van der Waals surface area contributed by atoms with Gasteiger partial charge in [0.2, 0.25) is 5.91 Å². The molecule has 1 amide bonds. The first-order valence-corrected chi connectivity index (χ1v) is 6.97. The molecule has 5 heteroatoms. The summed E-state index contributed by atoms with van der Waals surface area (Å²) in [5.74, 6) is 0.133. The summed E-state index contributed by atoms with van der Waals surface area (Å²) in [6.45, 7) is 1.62. The van der Waals surface area contributed by atoms with E-state index in [0.717, 1.165) is 25.9 Å². The third kappa shape index (κ3) is 4.33. The minimum atomic E-state index is 0.133. The molecule has 4 nitrogen and oxygen atoms in total. The molecule has 1 N–H and O–H groups in total. The average Bonchev–Trinajstić information content (AvgIpc) is 3.04. The van der Waals surface area contributed by atoms with E-state index in [4.69, 9.17) is 0 Å². The van der Waals surface area contributed by atoms with E-state index >= 15 is 0 Å². The van der Waals surface area contributed by atoms with E-state index in [1.807, 2.05) is 22.2 Å². The molecule has 0 aromatic carbocycles. The topological polar surface area (TPSA) is 46.9 Å². The lowest BCUT2D eigenvalue weighted by Crippen LogP contribution is -2.25. The Labute approximate surface area is 111 Å². The van der Waals surface area contributed by atoms with Crippen molar-refractivity contribution in [3.8, 4) is 0 Å². The fourth-order valence-corrected chi connectivity index (χ4v) is 2.40. The Kier molecular flexibility index (Phi) is 4.96. The molecule has 0 bridgehead atoms. The molecule has 0 atom stereocenters. The second-order valence-corrected chi connectivity index (χ2v) is 5.12. The molecule has 18 heavy (non-hydrogen) atoms. The molecule has 0 fully saturated rings. The van der Waals surface area contributed by atoms with Gasteiger partial charge in [0.15, 0.2) is 0 Å². The van der Waals surface area contributed by atoms with Crippen LogP contribution in [0.3, 0.4) is 0 Å². The highest BCUT2D eigenvalue weighted by Gasteiger charge is 2.02. The summed E-state index contributed by atoms with van der Waals surface area (Å²) in [5, 5.41) is 4.98. The number of carbonyl (C=O) groups excluding carboxylic acids is 1. The molecule has 0 saturated heterocycles. The Morgan fingerprint density at radius 3 is 3.17 bits per heavy atom. The van der Waals surface area contributed by atoms with E-state index in [-0.39, 0.29) is 5.91 Å². The van der Waals surface area contributed by atoms with E-state index < -0.39 is 0 Å². The lowest BCUT2D eigenvalue weighted by atomic mass is 10.2. The third-order valence-electron chi connectivity index (χ3n) is 2.65. The third-order valence-corrected chi connectivity index (χ3v) is 3.59. The monoisotopic (exact) mass is 263 g/mol. The molecule has 0 aliphatic rings. The molecule has 2 heterocycles. The molecular formula is C13H17N3OS. The summed E-state index contributed by atoms with van der Waals surface area (Å²) in [6, 6.07) is 4.08. The highest BCUT2D eigenvalue weighted by molar-refractivity contribution is 7.09. The number of imidazole rings is 1. The van der Waals surface area contributed by atoms with Crippen molar-refractivity contribution in [1.82, 2.24) is 14.9 Å². The highest BCUT2D eigenvalue weighted by Crippen LogP contribution is 2.10. The zero-order valence-corrected chi connectivity index (χ0v) is 11.0.